The lowest BCUT2D eigenvalue weighted by Crippen LogP contribution is -2.39. The minimum atomic E-state index is -4.45. The molecule has 0 saturated carbocycles. The third-order valence-electron chi connectivity index (χ3n) is 3.21. The SMILES string of the molecule is CCN(CCCO)C(=O)C1CC(=O)N(CC(F)(F)F)C1. The summed E-state index contributed by atoms with van der Waals surface area (Å²) in [5.41, 5.74) is 0. The van der Waals surface area contributed by atoms with E-state index in [-0.39, 0.29) is 25.5 Å². The second-order valence-corrected chi connectivity index (χ2v) is 4.79. The van der Waals surface area contributed by atoms with Gasteiger partial charge in [0.05, 0.1) is 5.92 Å². The summed E-state index contributed by atoms with van der Waals surface area (Å²) in [7, 11) is 0. The number of carbonyl (C=O) groups is 2. The Morgan fingerprint density at radius 1 is 1.50 bits per heavy atom. The van der Waals surface area contributed by atoms with Gasteiger partial charge in [0.1, 0.15) is 6.54 Å². The highest BCUT2D eigenvalue weighted by molar-refractivity contribution is 5.89. The number of nitrogens with zero attached hydrogens (tertiary/aromatic N) is 2. The minimum Gasteiger partial charge on any atom is -0.396 e. The van der Waals surface area contributed by atoms with Crippen LogP contribution in [0.1, 0.15) is 19.8 Å². The van der Waals surface area contributed by atoms with Crippen molar-refractivity contribution in [3.63, 3.8) is 0 Å². The van der Waals surface area contributed by atoms with E-state index in [2.05, 4.69) is 0 Å². The van der Waals surface area contributed by atoms with Crippen LogP contribution >= 0.6 is 0 Å². The molecule has 20 heavy (non-hydrogen) atoms. The standard InChI is InChI=1S/C12H19F3N2O3/c1-2-16(4-3-5-18)11(20)9-6-10(19)17(7-9)8-12(13,14)15/h9,18H,2-8H2,1H3. The molecule has 5 nitrogen and oxygen atoms in total. The van der Waals surface area contributed by atoms with Crippen molar-refractivity contribution in [3.05, 3.63) is 0 Å². The van der Waals surface area contributed by atoms with Gasteiger partial charge in [-0.15, -0.1) is 0 Å². The van der Waals surface area contributed by atoms with Crippen molar-refractivity contribution in [1.82, 2.24) is 9.80 Å². The monoisotopic (exact) mass is 296 g/mol. The molecule has 0 radical (unpaired) electrons. The van der Waals surface area contributed by atoms with Crippen molar-refractivity contribution >= 4 is 11.8 Å². The van der Waals surface area contributed by atoms with Crippen molar-refractivity contribution < 1.29 is 27.9 Å². The van der Waals surface area contributed by atoms with Crippen LogP contribution in [0, 0.1) is 5.92 Å². The van der Waals surface area contributed by atoms with Gasteiger partial charge < -0.3 is 14.9 Å². The van der Waals surface area contributed by atoms with Crippen molar-refractivity contribution in [2.24, 2.45) is 5.92 Å². The van der Waals surface area contributed by atoms with Crippen LogP contribution in [-0.4, -0.2) is 65.7 Å². The van der Waals surface area contributed by atoms with Crippen LogP contribution < -0.4 is 0 Å². The zero-order valence-corrected chi connectivity index (χ0v) is 11.3. The Labute approximate surface area is 115 Å². The number of rotatable bonds is 6. The number of carbonyl (C=O) groups excluding carboxylic acids is 2. The van der Waals surface area contributed by atoms with Crippen LogP contribution in [0.5, 0.6) is 0 Å². The van der Waals surface area contributed by atoms with Crippen LogP contribution in [0.4, 0.5) is 13.2 Å². The number of amides is 2. The summed E-state index contributed by atoms with van der Waals surface area (Å²) >= 11 is 0. The molecule has 2 amide bonds. The molecule has 0 spiro atoms. The van der Waals surface area contributed by atoms with E-state index in [9.17, 15) is 22.8 Å². The Balaban J connectivity index is 2.60. The first-order valence-corrected chi connectivity index (χ1v) is 6.52. The fourth-order valence-corrected chi connectivity index (χ4v) is 2.25. The normalized spacial score (nSPS) is 19.6. The second-order valence-electron chi connectivity index (χ2n) is 4.79. The molecule has 1 aliphatic rings. The lowest BCUT2D eigenvalue weighted by atomic mass is 10.1. The lowest BCUT2D eigenvalue weighted by molar-refractivity contribution is -0.157. The first kappa shape index (κ1) is 16.7. The summed E-state index contributed by atoms with van der Waals surface area (Å²) in [5, 5.41) is 8.74. The van der Waals surface area contributed by atoms with Gasteiger partial charge in [-0.3, -0.25) is 9.59 Å². The molecule has 1 saturated heterocycles. The topological polar surface area (TPSA) is 60.9 Å². The number of aliphatic hydroxyl groups is 1. The first-order chi connectivity index (χ1) is 9.28. The molecule has 0 aromatic rings. The molecule has 0 aromatic carbocycles. The largest absolute Gasteiger partial charge is 0.406 e. The molecule has 0 aliphatic carbocycles. The highest BCUT2D eigenvalue weighted by atomic mass is 19.4. The van der Waals surface area contributed by atoms with Gasteiger partial charge in [-0.25, -0.2) is 0 Å². The van der Waals surface area contributed by atoms with Gasteiger partial charge >= 0.3 is 6.18 Å². The fourth-order valence-electron chi connectivity index (χ4n) is 2.25. The average molecular weight is 296 g/mol. The number of hydrogen-bond donors (Lipinski definition) is 1. The van der Waals surface area contributed by atoms with Crippen LogP contribution in [0.2, 0.25) is 0 Å². The Morgan fingerprint density at radius 2 is 2.15 bits per heavy atom. The van der Waals surface area contributed by atoms with Crippen LogP contribution in [0.25, 0.3) is 0 Å². The summed E-state index contributed by atoms with van der Waals surface area (Å²) in [4.78, 5) is 25.8. The van der Waals surface area contributed by atoms with Gasteiger partial charge in [0.2, 0.25) is 11.8 Å². The van der Waals surface area contributed by atoms with Crippen molar-refractivity contribution in [3.8, 4) is 0 Å². The lowest BCUT2D eigenvalue weighted by Gasteiger charge is -2.24. The molecule has 1 atom stereocenters. The maximum Gasteiger partial charge on any atom is 0.406 e. The van der Waals surface area contributed by atoms with E-state index in [0.29, 0.717) is 24.4 Å². The van der Waals surface area contributed by atoms with Gasteiger partial charge in [-0.2, -0.15) is 13.2 Å². The highest BCUT2D eigenvalue weighted by Crippen LogP contribution is 2.25. The summed E-state index contributed by atoms with van der Waals surface area (Å²) in [6, 6.07) is 0. The molecule has 1 rings (SSSR count). The number of alkyl halides is 3. The molecule has 1 N–H and O–H groups in total. The third kappa shape index (κ3) is 4.66. The van der Waals surface area contributed by atoms with E-state index < -0.39 is 24.5 Å². The number of hydrogen-bond acceptors (Lipinski definition) is 3. The smallest absolute Gasteiger partial charge is 0.396 e. The van der Waals surface area contributed by atoms with Crippen molar-refractivity contribution in [2.75, 3.05) is 32.8 Å². The predicted octanol–water partition coefficient (Wildman–Crippen LogP) is 0.628. The quantitative estimate of drug-likeness (QED) is 0.782. The van der Waals surface area contributed by atoms with Crippen molar-refractivity contribution in [1.29, 1.82) is 0 Å². The zero-order valence-electron chi connectivity index (χ0n) is 11.3. The van der Waals surface area contributed by atoms with Crippen LogP contribution in [0.3, 0.4) is 0 Å². The molecule has 116 valence electrons. The van der Waals surface area contributed by atoms with Gasteiger partial charge in [-0.1, -0.05) is 0 Å². The van der Waals surface area contributed by atoms with Gasteiger partial charge in [0, 0.05) is 32.7 Å². The van der Waals surface area contributed by atoms with Crippen LogP contribution in [-0.2, 0) is 9.59 Å². The Morgan fingerprint density at radius 3 is 2.65 bits per heavy atom. The number of likely N-dealkylation sites (tertiary alicyclic amines) is 1. The van der Waals surface area contributed by atoms with E-state index >= 15 is 0 Å². The summed E-state index contributed by atoms with van der Waals surface area (Å²) in [5.74, 6) is -1.68. The average Bonchev–Trinajstić information content (AvgIpc) is 2.69. The van der Waals surface area contributed by atoms with Gasteiger partial charge in [0.25, 0.3) is 0 Å². The summed E-state index contributed by atoms with van der Waals surface area (Å²) in [6.07, 6.45) is -4.22. The molecular weight excluding hydrogens is 277 g/mol. The molecule has 8 heteroatoms. The molecular formula is C12H19F3N2O3. The summed E-state index contributed by atoms with van der Waals surface area (Å²) in [6.45, 7) is 0.941. The van der Waals surface area contributed by atoms with Crippen LogP contribution in [0.15, 0.2) is 0 Å². The number of halogens is 3. The Kier molecular flexibility index (Phi) is 5.79. The maximum absolute atomic E-state index is 12.3. The molecule has 1 unspecified atom stereocenters. The Hall–Kier alpha value is -1.31. The second kappa shape index (κ2) is 6.92. The van der Waals surface area contributed by atoms with E-state index in [1.807, 2.05) is 0 Å². The van der Waals surface area contributed by atoms with E-state index in [4.69, 9.17) is 5.11 Å². The number of aliphatic hydroxyl groups excluding tert-OH is 1. The third-order valence-corrected chi connectivity index (χ3v) is 3.21. The van der Waals surface area contributed by atoms with E-state index in [0.717, 1.165) is 0 Å². The van der Waals surface area contributed by atoms with Crippen molar-refractivity contribution in [2.45, 2.75) is 25.9 Å². The molecule has 0 bridgehead atoms. The highest BCUT2D eigenvalue weighted by Gasteiger charge is 2.41. The fraction of sp³-hybridized carbons (Fsp3) is 0.833. The van der Waals surface area contributed by atoms with Gasteiger partial charge in [0.15, 0.2) is 0 Å². The Bertz CT molecular complexity index is 360. The van der Waals surface area contributed by atoms with Gasteiger partial charge in [-0.05, 0) is 13.3 Å². The minimum absolute atomic E-state index is 0.0619. The molecule has 1 aliphatic heterocycles. The molecule has 1 fully saturated rings. The van der Waals surface area contributed by atoms with E-state index in [1.165, 1.54) is 4.90 Å². The summed E-state index contributed by atoms with van der Waals surface area (Å²) < 4.78 is 36.8. The molecule has 0 aromatic heterocycles. The predicted molar refractivity (Wildman–Crippen MR) is 64.7 cm³/mol. The zero-order chi connectivity index (χ0) is 15.3. The first-order valence-electron chi connectivity index (χ1n) is 6.52. The maximum atomic E-state index is 12.3. The molecule has 1 heterocycles. The van der Waals surface area contributed by atoms with E-state index in [1.54, 1.807) is 6.92 Å².